The quantitative estimate of drug-likeness (QED) is 0.765. The van der Waals surface area contributed by atoms with Crippen LogP contribution in [0.4, 0.5) is 10.4 Å². The fraction of sp³-hybridized carbons (Fsp3) is 0.450. The Balaban J connectivity index is 1.27. The number of anilines is 1. The SMILES string of the molecule is O=c1cc2c(nn1C1CCC(Nc3nc4cc(F)ccc4o3)CC1)CCC2. The highest BCUT2D eigenvalue weighted by Gasteiger charge is 2.26. The summed E-state index contributed by atoms with van der Waals surface area (Å²) in [5, 5.41) is 7.95. The van der Waals surface area contributed by atoms with Crippen LogP contribution in [-0.2, 0) is 12.8 Å². The summed E-state index contributed by atoms with van der Waals surface area (Å²) in [4.78, 5) is 16.7. The summed E-state index contributed by atoms with van der Waals surface area (Å²) in [5.74, 6) is -0.324. The van der Waals surface area contributed by atoms with Crippen LogP contribution in [0.25, 0.3) is 11.1 Å². The van der Waals surface area contributed by atoms with E-state index in [0.717, 1.165) is 56.2 Å². The molecule has 0 saturated heterocycles. The average molecular weight is 368 g/mol. The van der Waals surface area contributed by atoms with Crippen LogP contribution in [-0.4, -0.2) is 20.8 Å². The number of hydrogen-bond acceptors (Lipinski definition) is 5. The smallest absolute Gasteiger partial charge is 0.295 e. The van der Waals surface area contributed by atoms with E-state index in [1.165, 1.54) is 12.1 Å². The van der Waals surface area contributed by atoms with Gasteiger partial charge in [-0.2, -0.15) is 10.1 Å². The van der Waals surface area contributed by atoms with Crippen molar-refractivity contribution in [3.63, 3.8) is 0 Å². The summed E-state index contributed by atoms with van der Waals surface area (Å²) in [6.07, 6.45) is 6.63. The van der Waals surface area contributed by atoms with E-state index in [1.807, 2.05) is 0 Å². The number of benzene rings is 1. The number of oxazole rings is 1. The standard InChI is InChI=1S/C20H21FN4O2/c21-13-4-9-18-17(11-13)23-20(27-18)22-14-5-7-15(8-6-14)25-19(26)10-12-2-1-3-16(12)24-25/h4,9-11,14-15H,1-3,5-8H2,(H,22,23). The molecule has 1 fully saturated rings. The van der Waals surface area contributed by atoms with Crippen LogP contribution in [0.15, 0.2) is 33.5 Å². The highest BCUT2D eigenvalue weighted by atomic mass is 19.1. The zero-order chi connectivity index (χ0) is 18.4. The molecule has 1 N–H and O–H groups in total. The van der Waals surface area contributed by atoms with Crippen molar-refractivity contribution in [2.75, 3.05) is 5.32 Å². The predicted molar refractivity (Wildman–Crippen MR) is 99.4 cm³/mol. The number of rotatable bonds is 3. The van der Waals surface area contributed by atoms with Crippen LogP contribution < -0.4 is 10.9 Å². The molecular formula is C20H21FN4O2. The lowest BCUT2D eigenvalue weighted by molar-refractivity contribution is 0.300. The molecule has 7 heteroatoms. The van der Waals surface area contributed by atoms with E-state index in [9.17, 15) is 9.18 Å². The van der Waals surface area contributed by atoms with Crippen molar-refractivity contribution in [2.24, 2.45) is 0 Å². The number of hydrogen-bond donors (Lipinski definition) is 1. The van der Waals surface area contributed by atoms with Gasteiger partial charge < -0.3 is 9.73 Å². The van der Waals surface area contributed by atoms with Crippen molar-refractivity contribution in [2.45, 2.75) is 57.0 Å². The van der Waals surface area contributed by atoms with Gasteiger partial charge in [-0.25, -0.2) is 9.07 Å². The number of fused-ring (bicyclic) bond motifs is 2. The predicted octanol–water partition coefficient (Wildman–Crippen LogP) is 3.61. The minimum Gasteiger partial charge on any atom is -0.424 e. The summed E-state index contributed by atoms with van der Waals surface area (Å²) >= 11 is 0. The molecule has 1 aromatic carbocycles. The highest BCUT2D eigenvalue weighted by molar-refractivity contribution is 5.74. The van der Waals surface area contributed by atoms with Crippen LogP contribution in [0.2, 0.25) is 0 Å². The van der Waals surface area contributed by atoms with Gasteiger partial charge in [0.05, 0.1) is 11.7 Å². The molecule has 2 heterocycles. The monoisotopic (exact) mass is 368 g/mol. The van der Waals surface area contributed by atoms with Gasteiger partial charge in [-0.05, 0) is 62.6 Å². The number of aromatic nitrogens is 3. The molecular weight excluding hydrogens is 347 g/mol. The molecule has 0 atom stereocenters. The molecule has 0 amide bonds. The Labute approximate surface area is 155 Å². The van der Waals surface area contributed by atoms with Gasteiger partial charge in [0.25, 0.3) is 11.6 Å². The van der Waals surface area contributed by atoms with Gasteiger partial charge in [0, 0.05) is 18.2 Å². The molecule has 27 heavy (non-hydrogen) atoms. The number of aryl methyl sites for hydroxylation is 2. The maximum Gasteiger partial charge on any atom is 0.295 e. The third kappa shape index (κ3) is 3.11. The molecule has 3 aromatic rings. The Morgan fingerprint density at radius 1 is 1.15 bits per heavy atom. The lowest BCUT2D eigenvalue weighted by Gasteiger charge is -2.29. The summed E-state index contributed by atoms with van der Waals surface area (Å²) in [7, 11) is 0. The fourth-order valence-electron chi connectivity index (χ4n) is 4.28. The van der Waals surface area contributed by atoms with E-state index in [2.05, 4.69) is 15.4 Å². The maximum atomic E-state index is 13.3. The lowest BCUT2D eigenvalue weighted by Crippen LogP contribution is -2.33. The van der Waals surface area contributed by atoms with E-state index in [-0.39, 0.29) is 23.5 Å². The second kappa shape index (κ2) is 6.48. The van der Waals surface area contributed by atoms with Crippen molar-refractivity contribution in [1.82, 2.24) is 14.8 Å². The number of nitrogens with zero attached hydrogens (tertiary/aromatic N) is 3. The first-order chi connectivity index (χ1) is 13.2. The minimum absolute atomic E-state index is 0.0213. The first kappa shape index (κ1) is 16.5. The molecule has 2 aliphatic carbocycles. The van der Waals surface area contributed by atoms with E-state index in [4.69, 9.17) is 4.42 Å². The largest absolute Gasteiger partial charge is 0.424 e. The zero-order valence-corrected chi connectivity index (χ0v) is 14.9. The Kier molecular flexibility index (Phi) is 3.95. The Bertz CT molecular complexity index is 1050. The van der Waals surface area contributed by atoms with Crippen LogP contribution in [0.5, 0.6) is 0 Å². The normalized spacial score (nSPS) is 22.1. The van der Waals surface area contributed by atoms with E-state index < -0.39 is 0 Å². The topological polar surface area (TPSA) is 73.0 Å². The van der Waals surface area contributed by atoms with Gasteiger partial charge >= 0.3 is 0 Å². The van der Waals surface area contributed by atoms with Crippen molar-refractivity contribution < 1.29 is 8.81 Å². The number of nitrogens with one attached hydrogen (secondary N) is 1. The molecule has 0 bridgehead atoms. The van der Waals surface area contributed by atoms with E-state index in [0.29, 0.717) is 17.1 Å². The van der Waals surface area contributed by atoms with E-state index in [1.54, 1.807) is 16.8 Å². The van der Waals surface area contributed by atoms with Crippen molar-refractivity contribution in [3.8, 4) is 0 Å². The Hall–Kier alpha value is -2.70. The lowest BCUT2D eigenvalue weighted by atomic mass is 9.91. The van der Waals surface area contributed by atoms with Crippen molar-refractivity contribution >= 4 is 17.1 Å². The van der Waals surface area contributed by atoms with Crippen molar-refractivity contribution in [3.05, 3.63) is 51.7 Å². The van der Waals surface area contributed by atoms with Crippen LogP contribution in [0.1, 0.15) is 49.4 Å². The van der Waals surface area contributed by atoms with Gasteiger partial charge in [-0.15, -0.1) is 0 Å². The first-order valence-corrected chi connectivity index (χ1v) is 9.60. The molecule has 5 rings (SSSR count). The number of halogens is 1. The molecule has 0 unspecified atom stereocenters. The molecule has 0 radical (unpaired) electrons. The Morgan fingerprint density at radius 2 is 2.00 bits per heavy atom. The van der Waals surface area contributed by atoms with Gasteiger partial charge in [0.15, 0.2) is 5.58 Å². The van der Waals surface area contributed by atoms with Gasteiger partial charge in [0.1, 0.15) is 11.3 Å². The maximum absolute atomic E-state index is 13.3. The molecule has 1 saturated carbocycles. The van der Waals surface area contributed by atoms with Crippen LogP contribution >= 0.6 is 0 Å². The van der Waals surface area contributed by atoms with Gasteiger partial charge in [0.2, 0.25) is 0 Å². The second-order valence-corrected chi connectivity index (χ2v) is 7.53. The molecule has 2 aliphatic rings. The summed E-state index contributed by atoms with van der Waals surface area (Å²) in [6, 6.07) is 6.90. The van der Waals surface area contributed by atoms with Gasteiger partial charge in [-0.1, -0.05) is 0 Å². The minimum atomic E-state index is -0.324. The molecule has 0 aliphatic heterocycles. The third-order valence-corrected chi connectivity index (χ3v) is 5.70. The Morgan fingerprint density at radius 3 is 2.85 bits per heavy atom. The van der Waals surface area contributed by atoms with Crippen LogP contribution in [0, 0.1) is 5.82 Å². The first-order valence-electron chi connectivity index (χ1n) is 9.60. The van der Waals surface area contributed by atoms with Crippen molar-refractivity contribution in [1.29, 1.82) is 0 Å². The summed E-state index contributed by atoms with van der Waals surface area (Å²) < 4.78 is 20.6. The second-order valence-electron chi connectivity index (χ2n) is 7.53. The summed E-state index contributed by atoms with van der Waals surface area (Å²) in [5.41, 5.74) is 3.32. The highest BCUT2D eigenvalue weighted by Crippen LogP contribution is 2.30. The molecule has 0 spiro atoms. The van der Waals surface area contributed by atoms with E-state index >= 15 is 0 Å². The average Bonchev–Trinajstić information content (AvgIpc) is 3.27. The zero-order valence-electron chi connectivity index (χ0n) is 14.9. The third-order valence-electron chi connectivity index (χ3n) is 5.70. The van der Waals surface area contributed by atoms with Gasteiger partial charge in [-0.3, -0.25) is 4.79 Å². The molecule has 6 nitrogen and oxygen atoms in total. The van der Waals surface area contributed by atoms with Crippen LogP contribution in [0.3, 0.4) is 0 Å². The molecule has 140 valence electrons. The molecule has 2 aromatic heterocycles. The fourth-order valence-corrected chi connectivity index (χ4v) is 4.28. The summed E-state index contributed by atoms with van der Waals surface area (Å²) in [6.45, 7) is 0.